The van der Waals surface area contributed by atoms with Crippen LogP contribution in [0.4, 0.5) is 0 Å². The molecule has 0 rings (SSSR count). The van der Waals surface area contributed by atoms with E-state index < -0.39 is 12.2 Å². The first-order chi connectivity index (χ1) is 5.00. The summed E-state index contributed by atoms with van der Waals surface area (Å²) in [6.07, 6.45) is -2.12. The van der Waals surface area contributed by atoms with Crippen LogP contribution in [0.3, 0.4) is 0 Å². The van der Waals surface area contributed by atoms with Crippen molar-refractivity contribution in [2.45, 2.75) is 26.1 Å². The van der Waals surface area contributed by atoms with Crippen molar-refractivity contribution in [3.8, 4) is 0 Å². The Morgan fingerprint density at radius 1 is 1.45 bits per heavy atom. The molecule has 0 aromatic heterocycles. The topological polar surface area (TPSA) is 90.3 Å². The Morgan fingerprint density at radius 2 is 1.91 bits per heavy atom. The summed E-state index contributed by atoms with van der Waals surface area (Å²) < 4.78 is 0. The van der Waals surface area contributed by atoms with E-state index >= 15 is 0 Å². The molecule has 0 fully saturated rings. The average molecular weight is 160 g/mol. The molecule has 11 heavy (non-hydrogen) atoms. The number of aliphatic hydroxyl groups excluding tert-OH is 2. The van der Waals surface area contributed by atoms with Crippen molar-refractivity contribution in [3.63, 3.8) is 0 Å². The molecule has 0 aliphatic rings. The van der Waals surface area contributed by atoms with E-state index in [2.05, 4.69) is 0 Å². The first kappa shape index (κ1) is 10.6. The highest BCUT2D eigenvalue weighted by Gasteiger charge is 2.21. The summed E-state index contributed by atoms with van der Waals surface area (Å²) in [4.78, 5) is 0. The maximum Gasteiger partial charge on any atom is 0.119 e. The molecule has 0 aliphatic heterocycles. The molecule has 0 radical (unpaired) electrons. The van der Waals surface area contributed by atoms with Gasteiger partial charge in [0.05, 0.1) is 6.10 Å². The van der Waals surface area contributed by atoms with Crippen LogP contribution in [-0.2, 0) is 0 Å². The molecule has 5 N–H and O–H groups in total. The molecule has 0 aromatic rings. The minimum Gasteiger partial charge on any atom is -0.389 e. The summed E-state index contributed by atoms with van der Waals surface area (Å²) in [5, 5.41) is 25.5. The van der Waals surface area contributed by atoms with E-state index in [-0.39, 0.29) is 18.2 Å². The fraction of sp³-hybridized carbons (Fsp3) is 0.857. The molecule has 0 amide bonds. The van der Waals surface area contributed by atoms with Crippen LogP contribution in [0.1, 0.15) is 13.8 Å². The fourth-order valence-electron chi connectivity index (χ4n) is 0.678. The summed E-state index contributed by atoms with van der Waals surface area (Å²) in [7, 11) is 0. The van der Waals surface area contributed by atoms with Crippen LogP contribution in [0.15, 0.2) is 0 Å². The van der Waals surface area contributed by atoms with Crippen molar-refractivity contribution in [3.05, 3.63) is 0 Å². The van der Waals surface area contributed by atoms with Gasteiger partial charge < -0.3 is 21.4 Å². The Bertz CT molecular complexity index is 136. The van der Waals surface area contributed by atoms with Gasteiger partial charge >= 0.3 is 0 Å². The van der Waals surface area contributed by atoms with E-state index in [1.807, 2.05) is 0 Å². The summed E-state index contributed by atoms with van der Waals surface area (Å²) >= 11 is 0. The van der Waals surface area contributed by atoms with E-state index in [9.17, 15) is 5.11 Å². The second-order valence-electron chi connectivity index (χ2n) is 2.86. The van der Waals surface area contributed by atoms with E-state index in [4.69, 9.17) is 16.2 Å². The molecule has 0 saturated carbocycles. The zero-order valence-electron chi connectivity index (χ0n) is 6.91. The normalized spacial score (nSPS) is 16.5. The van der Waals surface area contributed by atoms with Crippen LogP contribution in [0.2, 0.25) is 0 Å². The van der Waals surface area contributed by atoms with Crippen LogP contribution in [0.25, 0.3) is 0 Å². The highest BCUT2D eigenvalue weighted by molar-refractivity contribution is 5.87. The second kappa shape index (κ2) is 4.43. The smallest absolute Gasteiger partial charge is 0.119 e. The SMILES string of the molecule is CC(C)C(=N)[C@@H](O)C(O)CN. The molecule has 1 unspecified atom stereocenters. The Labute approximate surface area is 66.5 Å². The molecule has 66 valence electrons. The van der Waals surface area contributed by atoms with Gasteiger partial charge in [0.2, 0.25) is 0 Å². The highest BCUT2D eigenvalue weighted by Crippen LogP contribution is 2.03. The zero-order chi connectivity index (χ0) is 9.02. The third-order valence-electron chi connectivity index (χ3n) is 1.55. The maximum atomic E-state index is 9.20. The van der Waals surface area contributed by atoms with Crippen LogP contribution in [0, 0.1) is 11.3 Å². The Kier molecular flexibility index (Phi) is 4.25. The molecule has 0 aromatic carbocycles. The third-order valence-corrected chi connectivity index (χ3v) is 1.55. The van der Waals surface area contributed by atoms with Gasteiger partial charge in [-0.2, -0.15) is 0 Å². The zero-order valence-corrected chi connectivity index (χ0v) is 6.91. The minimum atomic E-state index is -1.11. The van der Waals surface area contributed by atoms with Crippen LogP contribution in [-0.4, -0.2) is 34.7 Å². The third kappa shape index (κ3) is 2.96. The quantitative estimate of drug-likeness (QED) is 0.412. The molecule has 0 saturated heterocycles. The molecule has 0 spiro atoms. The maximum absolute atomic E-state index is 9.20. The number of nitrogens with one attached hydrogen (secondary N) is 1. The largest absolute Gasteiger partial charge is 0.389 e. The van der Waals surface area contributed by atoms with Gasteiger partial charge in [-0.3, -0.25) is 0 Å². The Morgan fingerprint density at radius 3 is 2.18 bits per heavy atom. The van der Waals surface area contributed by atoms with Crippen molar-refractivity contribution in [1.29, 1.82) is 5.41 Å². The Hall–Kier alpha value is -0.450. The molecule has 0 bridgehead atoms. The number of hydrogen-bond acceptors (Lipinski definition) is 4. The van der Waals surface area contributed by atoms with E-state index in [1.165, 1.54) is 0 Å². The lowest BCUT2D eigenvalue weighted by molar-refractivity contribution is 0.0636. The lowest BCUT2D eigenvalue weighted by Gasteiger charge is -2.19. The van der Waals surface area contributed by atoms with E-state index in [0.29, 0.717) is 0 Å². The first-order valence-electron chi connectivity index (χ1n) is 3.65. The summed E-state index contributed by atoms with van der Waals surface area (Å²) in [6.45, 7) is 3.56. The number of hydrogen-bond donors (Lipinski definition) is 4. The van der Waals surface area contributed by atoms with Crippen molar-refractivity contribution in [2.75, 3.05) is 6.54 Å². The second-order valence-corrected chi connectivity index (χ2v) is 2.86. The highest BCUT2D eigenvalue weighted by atomic mass is 16.3. The van der Waals surface area contributed by atoms with Gasteiger partial charge in [-0.15, -0.1) is 0 Å². The van der Waals surface area contributed by atoms with E-state index in [0.717, 1.165) is 0 Å². The monoisotopic (exact) mass is 160 g/mol. The van der Waals surface area contributed by atoms with Gasteiger partial charge in [-0.25, -0.2) is 0 Å². The van der Waals surface area contributed by atoms with Gasteiger partial charge in [0, 0.05) is 12.3 Å². The Balaban J connectivity index is 4.02. The van der Waals surface area contributed by atoms with Crippen LogP contribution in [0.5, 0.6) is 0 Å². The molecule has 0 aliphatic carbocycles. The van der Waals surface area contributed by atoms with Crippen molar-refractivity contribution in [2.24, 2.45) is 11.7 Å². The first-order valence-corrected chi connectivity index (χ1v) is 3.65. The number of nitrogens with two attached hydrogens (primary N) is 1. The van der Waals surface area contributed by atoms with Gasteiger partial charge in [-0.1, -0.05) is 13.8 Å². The molecule has 0 heterocycles. The summed E-state index contributed by atoms with van der Waals surface area (Å²) in [6, 6.07) is 0. The molecule has 2 atom stereocenters. The lowest BCUT2D eigenvalue weighted by atomic mass is 9.99. The average Bonchev–Trinajstić information content (AvgIpc) is 2.00. The fourth-order valence-corrected chi connectivity index (χ4v) is 0.678. The van der Waals surface area contributed by atoms with Crippen LogP contribution >= 0.6 is 0 Å². The predicted octanol–water partition coefficient (Wildman–Crippen LogP) is -0.657. The number of rotatable bonds is 4. The standard InChI is InChI=1S/C7H16N2O2/c1-4(2)6(9)7(11)5(10)3-8/h4-5,7,9-11H,3,8H2,1-2H3/t5?,7-/m0/s1. The minimum absolute atomic E-state index is 0.0176. The van der Waals surface area contributed by atoms with Crippen LogP contribution < -0.4 is 5.73 Å². The molecular formula is C7H16N2O2. The summed E-state index contributed by atoms with van der Waals surface area (Å²) in [5.41, 5.74) is 5.23. The van der Waals surface area contributed by atoms with Crippen molar-refractivity contribution >= 4 is 5.71 Å². The molecular weight excluding hydrogens is 144 g/mol. The van der Waals surface area contributed by atoms with Gasteiger partial charge in [-0.05, 0) is 5.92 Å². The van der Waals surface area contributed by atoms with Crippen molar-refractivity contribution < 1.29 is 10.2 Å². The summed E-state index contributed by atoms with van der Waals surface area (Å²) in [5.74, 6) is -0.0498. The van der Waals surface area contributed by atoms with Gasteiger partial charge in [0.1, 0.15) is 6.10 Å². The van der Waals surface area contributed by atoms with E-state index in [1.54, 1.807) is 13.8 Å². The predicted molar refractivity (Wildman–Crippen MR) is 43.6 cm³/mol. The molecule has 4 heteroatoms. The van der Waals surface area contributed by atoms with Gasteiger partial charge in [0.15, 0.2) is 0 Å². The lowest BCUT2D eigenvalue weighted by Crippen LogP contribution is -2.40. The number of aliphatic hydroxyl groups is 2. The van der Waals surface area contributed by atoms with Crippen molar-refractivity contribution in [1.82, 2.24) is 0 Å². The molecule has 4 nitrogen and oxygen atoms in total. The van der Waals surface area contributed by atoms with Gasteiger partial charge in [0.25, 0.3) is 0 Å².